The van der Waals surface area contributed by atoms with E-state index in [9.17, 15) is 0 Å². The first-order valence-electron chi connectivity index (χ1n) is 5.05. The van der Waals surface area contributed by atoms with E-state index in [1.807, 2.05) is 30.3 Å². The van der Waals surface area contributed by atoms with E-state index in [1.165, 1.54) is 5.56 Å². The van der Waals surface area contributed by atoms with Crippen molar-refractivity contribution in [2.24, 2.45) is 0 Å². The van der Waals surface area contributed by atoms with Crippen molar-refractivity contribution in [3.63, 3.8) is 0 Å². The van der Waals surface area contributed by atoms with E-state index >= 15 is 0 Å². The van der Waals surface area contributed by atoms with E-state index in [2.05, 4.69) is 15.3 Å². The van der Waals surface area contributed by atoms with Gasteiger partial charge in [0.2, 0.25) is 0 Å². The fraction of sp³-hybridized carbons (Fsp3) is 0.167. The predicted octanol–water partition coefficient (Wildman–Crippen LogP) is 2.42. The summed E-state index contributed by atoms with van der Waals surface area (Å²) in [6.07, 6.45) is 3.48. The number of hydrogen-bond acceptors (Lipinski definition) is 3. The molecule has 0 aliphatic carbocycles. The number of aromatic nitrogens is 2. The Hall–Kier alpha value is -1.45. The first kappa shape index (κ1) is 11.0. The second-order valence-corrected chi connectivity index (χ2v) is 3.83. The lowest BCUT2D eigenvalue weighted by atomic mass is 10.2. The maximum atomic E-state index is 5.80. The number of benzene rings is 1. The van der Waals surface area contributed by atoms with Gasteiger partial charge in [-0.3, -0.25) is 0 Å². The van der Waals surface area contributed by atoms with Gasteiger partial charge >= 0.3 is 0 Å². The van der Waals surface area contributed by atoms with Gasteiger partial charge in [0, 0.05) is 24.0 Å². The molecule has 0 amide bonds. The topological polar surface area (TPSA) is 37.8 Å². The fourth-order valence-corrected chi connectivity index (χ4v) is 1.47. The summed E-state index contributed by atoms with van der Waals surface area (Å²) in [5.74, 6) is 0.802. The summed E-state index contributed by atoms with van der Waals surface area (Å²) >= 11 is 5.80. The Balaban J connectivity index is 1.82. The molecule has 1 aromatic carbocycles. The summed E-state index contributed by atoms with van der Waals surface area (Å²) in [5.41, 5.74) is 1.19. The van der Waals surface area contributed by atoms with Crippen LogP contribution in [0.4, 0.5) is 0 Å². The standard InChI is InChI=1S/C12H12ClN3/c13-11-4-2-10(3-5-11)8-14-9-12-15-6-1-7-16-12/h1-7,14H,8-9H2. The summed E-state index contributed by atoms with van der Waals surface area (Å²) < 4.78 is 0. The SMILES string of the molecule is Clc1ccc(CNCc2ncccn2)cc1. The van der Waals surface area contributed by atoms with Gasteiger partial charge in [-0.25, -0.2) is 9.97 Å². The molecule has 0 saturated heterocycles. The third-order valence-electron chi connectivity index (χ3n) is 2.14. The van der Waals surface area contributed by atoms with Gasteiger partial charge in [0.1, 0.15) is 5.82 Å². The lowest BCUT2D eigenvalue weighted by molar-refractivity contribution is 0.662. The number of hydrogen-bond donors (Lipinski definition) is 1. The van der Waals surface area contributed by atoms with Crippen LogP contribution in [0, 0.1) is 0 Å². The summed E-state index contributed by atoms with van der Waals surface area (Å²) in [7, 11) is 0. The lowest BCUT2D eigenvalue weighted by Crippen LogP contribution is -2.14. The molecular formula is C12H12ClN3. The molecule has 0 bridgehead atoms. The lowest BCUT2D eigenvalue weighted by Gasteiger charge is -2.03. The van der Waals surface area contributed by atoms with Crippen LogP contribution in [0.3, 0.4) is 0 Å². The molecule has 0 unspecified atom stereocenters. The molecule has 16 heavy (non-hydrogen) atoms. The molecule has 1 N–H and O–H groups in total. The Morgan fingerprint density at radius 2 is 1.69 bits per heavy atom. The molecule has 0 aliphatic rings. The zero-order valence-corrected chi connectivity index (χ0v) is 9.48. The zero-order chi connectivity index (χ0) is 11.2. The third kappa shape index (κ3) is 3.29. The molecule has 82 valence electrons. The van der Waals surface area contributed by atoms with Crippen LogP contribution in [0.5, 0.6) is 0 Å². The Labute approximate surface area is 99.5 Å². The zero-order valence-electron chi connectivity index (χ0n) is 8.73. The number of nitrogens with zero attached hydrogens (tertiary/aromatic N) is 2. The average molecular weight is 234 g/mol. The van der Waals surface area contributed by atoms with Gasteiger partial charge in [0.05, 0.1) is 6.54 Å². The summed E-state index contributed by atoms with van der Waals surface area (Å²) in [4.78, 5) is 8.26. The number of halogens is 1. The highest BCUT2D eigenvalue weighted by Gasteiger charge is 1.95. The largest absolute Gasteiger partial charge is 0.306 e. The van der Waals surface area contributed by atoms with Crippen molar-refractivity contribution in [2.75, 3.05) is 0 Å². The molecule has 2 aromatic rings. The van der Waals surface area contributed by atoms with E-state index < -0.39 is 0 Å². The molecule has 1 heterocycles. The highest BCUT2D eigenvalue weighted by Crippen LogP contribution is 2.09. The summed E-state index contributed by atoms with van der Waals surface area (Å²) in [6.45, 7) is 1.46. The number of rotatable bonds is 4. The monoisotopic (exact) mass is 233 g/mol. The van der Waals surface area contributed by atoms with Gasteiger partial charge in [-0.1, -0.05) is 23.7 Å². The van der Waals surface area contributed by atoms with Crippen molar-refractivity contribution in [1.29, 1.82) is 0 Å². The normalized spacial score (nSPS) is 10.3. The summed E-state index contributed by atoms with van der Waals surface area (Å²) in [5, 5.41) is 4.03. The van der Waals surface area contributed by atoms with Gasteiger partial charge in [0.15, 0.2) is 0 Å². The molecule has 3 nitrogen and oxygen atoms in total. The molecule has 0 saturated carbocycles. The number of nitrogens with one attached hydrogen (secondary N) is 1. The maximum absolute atomic E-state index is 5.80. The van der Waals surface area contributed by atoms with E-state index in [-0.39, 0.29) is 0 Å². The highest BCUT2D eigenvalue weighted by atomic mass is 35.5. The van der Waals surface area contributed by atoms with Gasteiger partial charge in [-0.2, -0.15) is 0 Å². The quantitative estimate of drug-likeness (QED) is 0.882. The van der Waals surface area contributed by atoms with Crippen LogP contribution >= 0.6 is 11.6 Å². The molecule has 0 fully saturated rings. The van der Waals surface area contributed by atoms with Crippen LogP contribution in [0.1, 0.15) is 11.4 Å². The average Bonchev–Trinajstić information content (AvgIpc) is 2.33. The Morgan fingerprint density at radius 1 is 1.00 bits per heavy atom. The van der Waals surface area contributed by atoms with E-state index in [4.69, 9.17) is 11.6 Å². The molecule has 0 radical (unpaired) electrons. The first-order chi connectivity index (χ1) is 7.84. The predicted molar refractivity (Wildman–Crippen MR) is 64.0 cm³/mol. The van der Waals surface area contributed by atoms with E-state index in [0.717, 1.165) is 17.4 Å². The van der Waals surface area contributed by atoms with Crippen LogP contribution in [0.15, 0.2) is 42.7 Å². The van der Waals surface area contributed by atoms with Crippen LogP contribution in [0.2, 0.25) is 5.02 Å². The smallest absolute Gasteiger partial charge is 0.141 e. The van der Waals surface area contributed by atoms with Gasteiger partial charge in [-0.05, 0) is 23.8 Å². The molecular weight excluding hydrogens is 222 g/mol. The van der Waals surface area contributed by atoms with Crippen molar-refractivity contribution in [3.05, 3.63) is 59.1 Å². The van der Waals surface area contributed by atoms with Gasteiger partial charge in [-0.15, -0.1) is 0 Å². The van der Waals surface area contributed by atoms with Crippen LogP contribution in [-0.4, -0.2) is 9.97 Å². The van der Waals surface area contributed by atoms with Crippen molar-refractivity contribution < 1.29 is 0 Å². The molecule has 0 aliphatic heterocycles. The Morgan fingerprint density at radius 3 is 2.38 bits per heavy atom. The van der Waals surface area contributed by atoms with Gasteiger partial charge in [0.25, 0.3) is 0 Å². The van der Waals surface area contributed by atoms with Crippen molar-refractivity contribution in [1.82, 2.24) is 15.3 Å². The van der Waals surface area contributed by atoms with Crippen LogP contribution in [0.25, 0.3) is 0 Å². The van der Waals surface area contributed by atoms with Crippen molar-refractivity contribution in [3.8, 4) is 0 Å². The minimum Gasteiger partial charge on any atom is -0.306 e. The first-order valence-corrected chi connectivity index (χ1v) is 5.43. The van der Waals surface area contributed by atoms with Crippen LogP contribution in [-0.2, 0) is 13.1 Å². The maximum Gasteiger partial charge on any atom is 0.141 e. The Bertz CT molecular complexity index is 428. The molecule has 0 spiro atoms. The molecule has 4 heteroatoms. The van der Waals surface area contributed by atoms with E-state index in [0.29, 0.717) is 6.54 Å². The van der Waals surface area contributed by atoms with Crippen molar-refractivity contribution in [2.45, 2.75) is 13.1 Å². The van der Waals surface area contributed by atoms with Crippen LogP contribution < -0.4 is 5.32 Å². The molecule has 2 rings (SSSR count). The fourth-order valence-electron chi connectivity index (χ4n) is 1.34. The second kappa shape index (κ2) is 5.58. The van der Waals surface area contributed by atoms with E-state index in [1.54, 1.807) is 12.4 Å². The van der Waals surface area contributed by atoms with Gasteiger partial charge < -0.3 is 5.32 Å². The third-order valence-corrected chi connectivity index (χ3v) is 2.40. The Kier molecular flexibility index (Phi) is 3.86. The highest BCUT2D eigenvalue weighted by molar-refractivity contribution is 6.30. The molecule has 1 aromatic heterocycles. The second-order valence-electron chi connectivity index (χ2n) is 3.40. The minimum absolute atomic E-state index is 0.670. The minimum atomic E-state index is 0.670. The van der Waals surface area contributed by atoms with Crippen molar-refractivity contribution >= 4 is 11.6 Å². The summed E-state index contributed by atoms with van der Waals surface area (Å²) in [6, 6.07) is 9.58. The molecule has 0 atom stereocenters.